The molecule has 1 aromatic rings. The third-order valence-electron chi connectivity index (χ3n) is 4.93. The van der Waals surface area contributed by atoms with Crippen LogP contribution in [-0.4, -0.2) is 49.1 Å². The monoisotopic (exact) mass is 374 g/mol. The molecule has 3 amide bonds. The number of rotatable bonds is 5. The number of aryl methyl sites for hydroxylation is 1. The van der Waals surface area contributed by atoms with Gasteiger partial charge >= 0.3 is 6.03 Å². The average Bonchev–Trinajstić information content (AvgIpc) is 2.60. The summed E-state index contributed by atoms with van der Waals surface area (Å²) in [6.07, 6.45) is 3.27. The van der Waals surface area contributed by atoms with E-state index in [-0.39, 0.29) is 17.5 Å². The van der Waals surface area contributed by atoms with Crippen LogP contribution in [-0.2, 0) is 0 Å². The first kappa shape index (κ1) is 21.2. The highest BCUT2D eigenvalue weighted by Crippen LogP contribution is 2.23. The fourth-order valence-corrected chi connectivity index (χ4v) is 3.34. The predicted molar refractivity (Wildman–Crippen MR) is 110 cm³/mol. The quantitative estimate of drug-likeness (QED) is 0.740. The van der Waals surface area contributed by atoms with Gasteiger partial charge in [-0.3, -0.25) is 4.79 Å². The van der Waals surface area contributed by atoms with Crippen molar-refractivity contribution in [2.24, 2.45) is 5.92 Å². The van der Waals surface area contributed by atoms with Gasteiger partial charge in [-0.05, 0) is 84.2 Å². The number of benzene rings is 1. The Kier molecular flexibility index (Phi) is 7.25. The van der Waals surface area contributed by atoms with Crippen molar-refractivity contribution >= 4 is 17.6 Å². The zero-order valence-electron chi connectivity index (χ0n) is 17.3. The van der Waals surface area contributed by atoms with Crippen LogP contribution >= 0.6 is 0 Å². The second-order valence-electron chi connectivity index (χ2n) is 8.49. The van der Waals surface area contributed by atoms with Crippen LogP contribution in [0, 0.1) is 12.8 Å². The Morgan fingerprint density at radius 1 is 1.19 bits per heavy atom. The minimum Gasteiger partial charge on any atom is -0.339 e. The van der Waals surface area contributed by atoms with Crippen LogP contribution < -0.4 is 16.0 Å². The topological polar surface area (TPSA) is 73.5 Å². The Morgan fingerprint density at radius 2 is 1.85 bits per heavy atom. The van der Waals surface area contributed by atoms with E-state index in [1.165, 1.54) is 6.42 Å². The minimum atomic E-state index is -0.316. The highest BCUT2D eigenvalue weighted by atomic mass is 16.2. The van der Waals surface area contributed by atoms with Crippen LogP contribution in [0.4, 0.5) is 10.5 Å². The predicted octanol–water partition coefficient (Wildman–Crippen LogP) is 3.38. The molecule has 3 N–H and O–H groups in total. The Hall–Kier alpha value is -2.08. The van der Waals surface area contributed by atoms with Gasteiger partial charge in [0, 0.05) is 29.9 Å². The molecule has 1 aliphatic rings. The molecule has 0 atom stereocenters. The molecule has 1 heterocycles. The molecule has 0 aliphatic carbocycles. The molecule has 1 aliphatic heterocycles. The Bertz CT molecular complexity index is 659. The van der Waals surface area contributed by atoms with Crippen LogP contribution in [0.3, 0.4) is 0 Å². The number of amides is 3. The molecule has 2 rings (SSSR count). The third kappa shape index (κ3) is 6.54. The number of urea groups is 1. The van der Waals surface area contributed by atoms with Crippen molar-refractivity contribution in [1.29, 1.82) is 0 Å². The fraction of sp³-hybridized carbons (Fsp3) is 0.619. The van der Waals surface area contributed by atoms with Crippen LogP contribution in [0.5, 0.6) is 0 Å². The maximum absolute atomic E-state index is 12.9. The second kappa shape index (κ2) is 9.22. The maximum Gasteiger partial charge on any atom is 0.319 e. The summed E-state index contributed by atoms with van der Waals surface area (Å²) in [5.74, 6) is 0.735. The highest BCUT2D eigenvalue weighted by Gasteiger charge is 2.24. The van der Waals surface area contributed by atoms with E-state index >= 15 is 0 Å². The van der Waals surface area contributed by atoms with E-state index in [4.69, 9.17) is 0 Å². The van der Waals surface area contributed by atoms with Gasteiger partial charge in [0.15, 0.2) is 0 Å². The van der Waals surface area contributed by atoms with Crippen LogP contribution in [0.25, 0.3) is 0 Å². The molecule has 6 heteroatoms. The summed E-state index contributed by atoms with van der Waals surface area (Å²) in [6.45, 7) is 10.3. The Morgan fingerprint density at radius 3 is 2.44 bits per heavy atom. The first-order valence-electron chi connectivity index (χ1n) is 9.83. The van der Waals surface area contributed by atoms with Gasteiger partial charge in [-0.2, -0.15) is 0 Å². The SMILES string of the molecule is CNCCC1CCN(C(=O)c2ccc(C)c(NC(=O)NC(C)(C)C)c2)CC1. The molecule has 0 saturated carbocycles. The number of hydrogen-bond acceptors (Lipinski definition) is 3. The second-order valence-corrected chi connectivity index (χ2v) is 8.49. The molecule has 0 aromatic heterocycles. The third-order valence-corrected chi connectivity index (χ3v) is 4.93. The van der Waals surface area contributed by atoms with Crippen molar-refractivity contribution < 1.29 is 9.59 Å². The molecular weight excluding hydrogens is 340 g/mol. The van der Waals surface area contributed by atoms with E-state index in [0.717, 1.165) is 38.0 Å². The van der Waals surface area contributed by atoms with Crippen molar-refractivity contribution in [2.45, 2.75) is 52.5 Å². The molecule has 1 fully saturated rings. The minimum absolute atomic E-state index is 0.0429. The summed E-state index contributed by atoms with van der Waals surface area (Å²) in [7, 11) is 1.98. The lowest BCUT2D eigenvalue weighted by Gasteiger charge is -2.32. The molecule has 0 bridgehead atoms. The molecule has 6 nitrogen and oxygen atoms in total. The van der Waals surface area contributed by atoms with E-state index in [1.807, 2.05) is 51.8 Å². The van der Waals surface area contributed by atoms with Crippen molar-refractivity contribution in [3.05, 3.63) is 29.3 Å². The van der Waals surface area contributed by atoms with Gasteiger partial charge < -0.3 is 20.9 Å². The van der Waals surface area contributed by atoms with E-state index < -0.39 is 0 Å². The van der Waals surface area contributed by atoms with Crippen molar-refractivity contribution in [3.63, 3.8) is 0 Å². The summed E-state index contributed by atoms with van der Waals surface area (Å²) in [4.78, 5) is 27.0. The number of nitrogens with one attached hydrogen (secondary N) is 3. The Labute approximate surface area is 163 Å². The van der Waals surface area contributed by atoms with Crippen molar-refractivity contribution in [2.75, 3.05) is 32.0 Å². The Balaban J connectivity index is 2.00. The molecule has 27 heavy (non-hydrogen) atoms. The zero-order valence-corrected chi connectivity index (χ0v) is 17.3. The number of hydrogen-bond donors (Lipinski definition) is 3. The molecule has 1 aromatic carbocycles. The van der Waals surface area contributed by atoms with Gasteiger partial charge in [0.2, 0.25) is 0 Å². The summed E-state index contributed by atoms with van der Waals surface area (Å²) < 4.78 is 0. The summed E-state index contributed by atoms with van der Waals surface area (Å²) >= 11 is 0. The number of carbonyl (C=O) groups excluding carboxylic acids is 2. The maximum atomic E-state index is 12.9. The summed E-state index contributed by atoms with van der Waals surface area (Å²) in [5, 5.41) is 8.94. The van der Waals surface area contributed by atoms with Gasteiger partial charge in [0.1, 0.15) is 0 Å². The number of carbonyl (C=O) groups is 2. The lowest BCUT2D eigenvalue weighted by Crippen LogP contribution is -2.43. The lowest BCUT2D eigenvalue weighted by molar-refractivity contribution is 0.0687. The van der Waals surface area contributed by atoms with Crippen LogP contribution in [0.1, 0.15) is 56.0 Å². The van der Waals surface area contributed by atoms with Gasteiger partial charge in [-0.1, -0.05) is 6.07 Å². The molecule has 0 radical (unpaired) electrons. The fourth-order valence-electron chi connectivity index (χ4n) is 3.34. The number of nitrogens with zero attached hydrogens (tertiary/aromatic N) is 1. The van der Waals surface area contributed by atoms with Crippen molar-refractivity contribution in [1.82, 2.24) is 15.5 Å². The summed E-state index contributed by atoms with van der Waals surface area (Å²) in [5.41, 5.74) is 1.91. The number of piperidine rings is 1. The normalized spacial score (nSPS) is 15.5. The van der Waals surface area contributed by atoms with Crippen molar-refractivity contribution in [3.8, 4) is 0 Å². The molecule has 0 unspecified atom stereocenters. The van der Waals surface area contributed by atoms with Gasteiger partial charge in [0.25, 0.3) is 5.91 Å². The summed E-state index contributed by atoms with van der Waals surface area (Å²) in [6, 6.07) is 5.25. The van der Waals surface area contributed by atoms with E-state index in [9.17, 15) is 9.59 Å². The lowest BCUT2D eigenvalue weighted by atomic mass is 9.93. The smallest absolute Gasteiger partial charge is 0.319 e. The molecule has 1 saturated heterocycles. The van der Waals surface area contributed by atoms with Gasteiger partial charge in [0.05, 0.1) is 0 Å². The van der Waals surface area contributed by atoms with Crippen LogP contribution in [0.15, 0.2) is 18.2 Å². The zero-order chi connectivity index (χ0) is 20.0. The molecule has 150 valence electrons. The van der Waals surface area contributed by atoms with E-state index in [0.29, 0.717) is 17.2 Å². The van der Waals surface area contributed by atoms with Gasteiger partial charge in [-0.25, -0.2) is 4.79 Å². The van der Waals surface area contributed by atoms with Crippen LogP contribution in [0.2, 0.25) is 0 Å². The largest absolute Gasteiger partial charge is 0.339 e. The van der Waals surface area contributed by atoms with E-state index in [2.05, 4.69) is 16.0 Å². The number of likely N-dealkylation sites (tertiary alicyclic amines) is 1. The van der Waals surface area contributed by atoms with Gasteiger partial charge in [-0.15, -0.1) is 0 Å². The first-order valence-corrected chi connectivity index (χ1v) is 9.83. The standard InChI is InChI=1S/C21H34N4O2/c1-15-6-7-17(14-18(15)23-20(27)24-21(2,3)4)19(26)25-12-9-16(10-13-25)8-11-22-5/h6-7,14,16,22H,8-13H2,1-5H3,(H2,23,24,27). The number of anilines is 1. The first-order chi connectivity index (χ1) is 12.7. The highest BCUT2D eigenvalue weighted by molar-refractivity contribution is 5.97. The average molecular weight is 375 g/mol. The molecule has 0 spiro atoms. The molecular formula is C21H34N4O2. The van der Waals surface area contributed by atoms with E-state index in [1.54, 1.807) is 6.07 Å².